The van der Waals surface area contributed by atoms with Crippen LogP contribution < -0.4 is 4.90 Å². The first-order chi connectivity index (χ1) is 18.4. The summed E-state index contributed by atoms with van der Waals surface area (Å²) in [6.45, 7) is 1.91. The number of ether oxygens (including phenoxy) is 1. The maximum atomic E-state index is 13.6. The maximum absolute atomic E-state index is 13.6. The number of anilines is 1. The molecule has 7 heteroatoms. The number of nitrogens with zero attached hydrogens (tertiary/aromatic N) is 1. The highest BCUT2D eigenvalue weighted by molar-refractivity contribution is 6.11. The van der Waals surface area contributed by atoms with Gasteiger partial charge in [-0.05, 0) is 48.4 Å². The summed E-state index contributed by atoms with van der Waals surface area (Å²) in [6.07, 6.45) is -0.990. The number of benzene rings is 4. The average molecular weight is 508 g/mol. The van der Waals surface area contributed by atoms with Gasteiger partial charge in [0.1, 0.15) is 28.8 Å². The fourth-order valence-corrected chi connectivity index (χ4v) is 5.07. The van der Waals surface area contributed by atoms with Crippen molar-refractivity contribution in [3.8, 4) is 22.5 Å². The number of carboxylic acid groups (broad SMARTS) is 1. The fraction of sp³-hybridized carbons (Fsp3) is 0.0968. The van der Waals surface area contributed by atoms with E-state index in [0.717, 1.165) is 11.1 Å². The molecule has 0 spiro atoms. The van der Waals surface area contributed by atoms with E-state index in [1.165, 1.54) is 24.3 Å². The molecule has 2 heterocycles. The maximum Gasteiger partial charge on any atom is 0.415 e. The van der Waals surface area contributed by atoms with Crippen molar-refractivity contribution in [1.82, 2.24) is 0 Å². The van der Waals surface area contributed by atoms with Crippen LogP contribution in [-0.4, -0.2) is 23.2 Å². The van der Waals surface area contributed by atoms with Crippen LogP contribution in [0.25, 0.3) is 33.4 Å². The Bertz CT molecular complexity index is 1660. The van der Waals surface area contributed by atoms with E-state index in [2.05, 4.69) is 0 Å². The minimum absolute atomic E-state index is 0.0328. The molecule has 188 valence electrons. The van der Waals surface area contributed by atoms with Crippen LogP contribution in [-0.2, 0) is 4.74 Å². The minimum atomic E-state index is -1.17. The molecule has 5 aromatic rings. The first kappa shape index (κ1) is 23.5. The van der Waals surface area contributed by atoms with E-state index in [0.29, 0.717) is 27.8 Å². The van der Waals surface area contributed by atoms with Crippen LogP contribution >= 0.6 is 0 Å². The normalized spacial score (nSPS) is 17.1. The van der Waals surface area contributed by atoms with Crippen molar-refractivity contribution in [3.63, 3.8) is 0 Å². The molecule has 0 saturated carbocycles. The first-order valence-electron chi connectivity index (χ1n) is 12.1. The summed E-state index contributed by atoms with van der Waals surface area (Å²) in [4.78, 5) is 27.3. The zero-order valence-electron chi connectivity index (χ0n) is 20.3. The monoisotopic (exact) mass is 507 g/mol. The Morgan fingerprint density at radius 3 is 2.21 bits per heavy atom. The molecule has 6 rings (SSSR count). The number of furan rings is 1. The molecule has 2 atom stereocenters. The molecule has 4 aromatic carbocycles. The Morgan fingerprint density at radius 2 is 1.55 bits per heavy atom. The van der Waals surface area contributed by atoms with Crippen molar-refractivity contribution < 1.29 is 28.2 Å². The quantitative estimate of drug-likeness (QED) is 0.264. The van der Waals surface area contributed by atoms with Crippen LogP contribution in [0, 0.1) is 5.82 Å². The van der Waals surface area contributed by atoms with Gasteiger partial charge in [0.05, 0.1) is 11.7 Å². The lowest BCUT2D eigenvalue weighted by molar-refractivity contribution is 0.0699. The van der Waals surface area contributed by atoms with Crippen molar-refractivity contribution in [2.24, 2.45) is 0 Å². The van der Waals surface area contributed by atoms with Gasteiger partial charge in [0.15, 0.2) is 0 Å². The van der Waals surface area contributed by atoms with Gasteiger partial charge < -0.3 is 14.3 Å². The number of amides is 1. The molecule has 1 N–H and O–H groups in total. The summed E-state index contributed by atoms with van der Waals surface area (Å²) in [5, 5.41) is 10.5. The lowest BCUT2D eigenvalue weighted by Gasteiger charge is -2.24. The van der Waals surface area contributed by atoms with Crippen LogP contribution in [0.1, 0.15) is 28.9 Å². The number of rotatable bonds is 5. The van der Waals surface area contributed by atoms with Crippen molar-refractivity contribution in [2.45, 2.75) is 19.1 Å². The van der Waals surface area contributed by atoms with Crippen LogP contribution in [0.15, 0.2) is 101 Å². The number of cyclic esters (lactones) is 1. The molecule has 6 nitrogen and oxygen atoms in total. The van der Waals surface area contributed by atoms with E-state index in [1.54, 1.807) is 17.0 Å². The Morgan fingerprint density at radius 1 is 0.895 bits per heavy atom. The molecule has 1 saturated heterocycles. The Labute approximate surface area is 217 Å². The zero-order valence-corrected chi connectivity index (χ0v) is 20.3. The molecule has 1 aliphatic rings. The van der Waals surface area contributed by atoms with E-state index in [4.69, 9.17) is 9.15 Å². The SMILES string of the molecule is CC1C(c2ccccc2)OC(=O)N1c1cc2oc(-c3ccc(F)cc3)c(C(=O)O)c2cc1-c1ccccc1. The van der Waals surface area contributed by atoms with Crippen molar-refractivity contribution in [3.05, 3.63) is 114 Å². The fourth-order valence-electron chi connectivity index (χ4n) is 5.07. The zero-order chi connectivity index (χ0) is 26.4. The van der Waals surface area contributed by atoms with Gasteiger partial charge in [-0.15, -0.1) is 0 Å². The second-order valence-electron chi connectivity index (χ2n) is 9.18. The number of fused-ring (bicyclic) bond motifs is 1. The molecular weight excluding hydrogens is 485 g/mol. The highest BCUT2D eigenvalue weighted by Crippen LogP contribution is 2.44. The second-order valence-corrected chi connectivity index (χ2v) is 9.18. The predicted octanol–water partition coefficient (Wildman–Crippen LogP) is 7.69. The number of aromatic carboxylic acids is 1. The van der Waals surface area contributed by atoms with Crippen molar-refractivity contribution >= 4 is 28.7 Å². The molecule has 1 amide bonds. The molecule has 0 aliphatic carbocycles. The molecule has 1 aromatic heterocycles. The molecule has 38 heavy (non-hydrogen) atoms. The third-order valence-electron chi connectivity index (χ3n) is 6.87. The standard InChI is InChI=1S/C31H22FNO5/c1-18-28(20-10-6-3-7-11-20)38-31(36)33(18)25-17-26-24(16-23(25)19-8-4-2-5-9-19)27(30(34)35)29(37-26)21-12-14-22(32)15-13-21/h2-18,28H,1H3,(H,34,35). The first-order valence-corrected chi connectivity index (χ1v) is 12.1. The van der Waals surface area contributed by atoms with Gasteiger partial charge in [-0.2, -0.15) is 0 Å². The van der Waals surface area contributed by atoms with Gasteiger partial charge in [0.25, 0.3) is 0 Å². The molecule has 2 unspecified atom stereocenters. The minimum Gasteiger partial charge on any atom is -0.478 e. The van der Waals surface area contributed by atoms with Gasteiger partial charge >= 0.3 is 12.1 Å². The molecule has 1 aliphatic heterocycles. The van der Waals surface area contributed by atoms with Crippen LogP contribution in [0.2, 0.25) is 0 Å². The summed E-state index contributed by atoms with van der Waals surface area (Å²) >= 11 is 0. The molecular formula is C31H22FNO5. The Hall–Kier alpha value is -4.91. The highest BCUT2D eigenvalue weighted by Gasteiger charge is 2.42. The number of carboxylic acids is 1. The van der Waals surface area contributed by atoms with E-state index >= 15 is 0 Å². The van der Waals surface area contributed by atoms with Crippen LogP contribution in [0.5, 0.6) is 0 Å². The second kappa shape index (κ2) is 9.19. The summed E-state index contributed by atoms with van der Waals surface area (Å²) in [7, 11) is 0. The number of halogens is 1. The number of hydrogen-bond acceptors (Lipinski definition) is 4. The lowest BCUT2D eigenvalue weighted by Crippen LogP contribution is -2.32. The highest BCUT2D eigenvalue weighted by atomic mass is 19.1. The number of carbonyl (C=O) groups is 2. The molecule has 1 fully saturated rings. The van der Waals surface area contributed by atoms with Gasteiger partial charge in [0.2, 0.25) is 0 Å². The van der Waals surface area contributed by atoms with Gasteiger partial charge in [-0.3, -0.25) is 4.90 Å². The summed E-state index contributed by atoms with van der Waals surface area (Å²) in [6, 6.07) is 27.5. The largest absolute Gasteiger partial charge is 0.478 e. The number of hydrogen-bond donors (Lipinski definition) is 1. The van der Waals surface area contributed by atoms with Gasteiger partial charge in [-0.1, -0.05) is 60.7 Å². The van der Waals surface area contributed by atoms with Gasteiger partial charge in [-0.25, -0.2) is 14.0 Å². The van der Waals surface area contributed by atoms with Crippen LogP contribution in [0.4, 0.5) is 14.9 Å². The van der Waals surface area contributed by atoms with Crippen molar-refractivity contribution in [2.75, 3.05) is 4.90 Å². The van der Waals surface area contributed by atoms with Crippen LogP contribution in [0.3, 0.4) is 0 Å². The summed E-state index contributed by atoms with van der Waals surface area (Å²) in [5.41, 5.74) is 3.56. The van der Waals surface area contributed by atoms with E-state index in [9.17, 15) is 19.1 Å². The summed E-state index contributed by atoms with van der Waals surface area (Å²) < 4.78 is 25.4. The van der Waals surface area contributed by atoms with Gasteiger partial charge in [0, 0.05) is 22.6 Å². The lowest BCUT2D eigenvalue weighted by atomic mass is 9.97. The predicted molar refractivity (Wildman–Crippen MR) is 142 cm³/mol. The van der Waals surface area contributed by atoms with E-state index < -0.39 is 24.0 Å². The number of carbonyl (C=O) groups excluding carboxylic acids is 1. The Balaban J connectivity index is 1.57. The smallest absolute Gasteiger partial charge is 0.415 e. The van der Waals surface area contributed by atoms with E-state index in [-0.39, 0.29) is 17.4 Å². The Kier molecular flexibility index (Phi) is 5.68. The van der Waals surface area contributed by atoms with Crippen molar-refractivity contribution in [1.29, 1.82) is 0 Å². The average Bonchev–Trinajstić information content (AvgIpc) is 3.45. The summed E-state index contributed by atoms with van der Waals surface area (Å²) in [5.74, 6) is -1.50. The third kappa shape index (κ3) is 3.89. The topological polar surface area (TPSA) is 80.0 Å². The third-order valence-corrected chi connectivity index (χ3v) is 6.87. The van der Waals surface area contributed by atoms with E-state index in [1.807, 2.05) is 67.6 Å². The molecule has 0 radical (unpaired) electrons. The molecule has 0 bridgehead atoms.